The molecule has 0 aliphatic heterocycles. The molecule has 0 aliphatic rings. The first kappa shape index (κ1) is 21.6. The predicted octanol–water partition coefficient (Wildman–Crippen LogP) is 6.41. The van der Waals surface area contributed by atoms with Gasteiger partial charge in [0.2, 0.25) is 0 Å². The highest BCUT2D eigenvalue weighted by Gasteiger charge is 2.21. The maximum Gasteiger partial charge on any atom is 0.335 e. The molecule has 2 rings (SSSR count). The summed E-state index contributed by atoms with van der Waals surface area (Å²) in [6.45, 7) is 12.5. The number of hydrogen-bond acceptors (Lipinski definition) is 2. The molecular formula is C25H31NO2. The van der Waals surface area contributed by atoms with Gasteiger partial charge in [0.25, 0.3) is 0 Å². The van der Waals surface area contributed by atoms with Crippen LogP contribution in [0.2, 0.25) is 0 Å². The van der Waals surface area contributed by atoms with Crippen LogP contribution in [0.5, 0.6) is 0 Å². The largest absolute Gasteiger partial charge is 0.478 e. The van der Waals surface area contributed by atoms with Crippen molar-refractivity contribution in [2.75, 3.05) is 0 Å². The standard InChI is InChI=1S/C25H31NO2/c1-7-18(5)26-24(8-2)23(22-11-9-10-16(3)19(22)6)15-20-12-13-21(25(27)28)14-17(20)4/h8-14,23H,7,15H2,1-6H3,(H,27,28)/b24-8-,26-18?. The molecule has 0 amide bonds. The van der Waals surface area contributed by atoms with Gasteiger partial charge in [-0.3, -0.25) is 4.99 Å². The third-order valence-electron chi connectivity index (χ3n) is 5.52. The summed E-state index contributed by atoms with van der Waals surface area (Å²) >= 11 is 0. The summed E-state index contributed by atoms with van der Waals surface area (Å²) in [6.07, 6.45) is 3.81. The van der Waals surface area contributed by atoms with Gasteiger partial charge in [-0.1, -0.05) is 37.3 Å². The fraction of sp³-hybridized carbons (Fsp3) is 0.360. The van der Waals surface area contributed by atoms with E-state index in [0.29, 0.717) is 5.56 Å². The van der Waals surface area contributed by atoms with Gasteiger partial charge in [-0.15, -0.1) is 0 Å². The normalized spacial score (nSPS) is 13.5. The molecule has 0 spiro atoms. The first-order valence-corrected chi connectivity index (χ1v) is 9.87. The molecule has 1 atom stereocenters. The Balaban J connectivity index is 2.56. The monoisotopic (exact) mass is 377 g/mol. The number of nitrogens with zero attached hydrogens (tertiary/aromatic N) is 1. The number of carbonyl (C=O) groups is 1. The van der Waals surface area contributed by atoms with Gasteiger partial charge in [0.1, 0.15) is 0 Å². The van der Waals surface area contributed by atoms with Crippen LogP contribution in [0.15, 0.2) is 53.2 Å². The predicted molar refractivity (Wildman–Crippen MR) is 118 cm³/mol. The van der Waals surface area contributed by atoms with E-state index in [9.17, 15) is 9.90 Å². The Morgan fingerprint density at radius 3 is 2.43 bits per heavy atom. The lowest BCUT2D eigenvalue weighted by molar-refractivity contribution is 0.0696. The van der Waals surface area contributed by atoms with Crippen molar-refractivity contribution in [3.05, 3.63) is 81.6 Å². The smallest absolute Gasteiger partial charge is 0.335 e. The van der Waals surface area contributed by atoms with Crippen LogP contribution in [0.4, 0.5) is 0 Å². The average molecular weight is 378 g/mol. The van der Waals surface area contributed by atoms with E-state index < -0.39 is 5.97 Å². The molecule has 0 heterocycles. The zero-order valence-corrected chi connectivity index (χ0v) is 17.8. The Labute approximate surface area is 168 Å². The van der Waals surface area contributed by atoms with Crippen LogP contribution in [0.25, 0.3) is 0 Å². The lowest BCUT2D eigenvalue weighted by Crippen LogP contribution is -2.11. The Morgan fingerprint density at radius 2 is 1.86 bits per heavy atom. The minimum atomic E-state index is -0.891. The highest BCUT2D eigenvalue weighted by atomic mass is 16.4. The molecule has 0 aromatic heterocycles. The van der Waals surface area contributed by atoms with Crippen molar-refractivity contribution >= 4 is 11.7 Å². The van der Waals surface area contributed by atoms with Crippen molar-refractivity contribution < 1.29 is 9.90 Å². The van der Waals surface area contributed by atoms with Crippen molar-refractivity contribution in [1.29, 1.82) is 0 Å². The zero-order valence-electron chi connectivity index (χ0n) is 17.8. The van der Waals surface area contributed by atoms with Crippen molar-refractivity contribution in [1.82, 2.24) is 0 Å². The highest BCUT2D eigenvalue weighted by Crippen LogP contribution is 2.34. The minimum Gasteiger partial charge on any atom is -0.478 e. The molecular weight excluding hydrogens is 346 g/mol. The van der Waals surface area contributed by atoms with E-state index in [0.717, 1.165) is 35.4 Å². The lowest BCUT2D eigenvalue weighted by atomic mass is 9.84. The van der Waals surface area contributed by atoms with Crippen molar-refractivity contribution in [3.8, 4) is 0 Å². The van der Waals surface area contributed by atoms with Crippen LogP contribution in [-0.2, 0) is 6.42 Å². The van der Waals surface area contributed by atoms with E-state index in [2.05, 4.69) is 52.0 Å². The molecule has 0 aliphatic carbocycles. The number of allylic oxidation sites excluding steroid dienone is 2. The molecule has 2 aromatic carbocycles. The summed E-state index contributed by atoms with van der Waals surface area (Å²) in [5.74, 6) is -0.765. The fourth-order valence-corrected chi connectivity index (χ4v) is 3.45. The molecule has 0 bridgehead atoms. The third-order valence-corrected chi connectivity index (χ3v) is 5.52. The number of aromatic carboxylic acids is 1. The van der Waals surface area contributed by atoms with Crippen molar-refractivity contribution in [2.45, 2.75) is 60.3 Å². The number of rotatable bonds is 7. The molecule has 1 unspecified atom stereocenters. The van der Waals surface area contributed by atoms with Gasteiger partial charge >= 0.3 is 5.97 Å². The summed E-state index contributed by atoms with van der Waals surface area (Å²) < 4.78 is 0. The van der Waals surface area contributed by atoms with Gasteiger partial charge in [0.05, 0.1) is 5.56 Å². The minimum absolute atomic E-state index is 0.126. The molecule has 148 valence electrons. The topological polar surface area (TPSA) is 49.7 Å². The van der Waals surface area contributed by atoms with Gasteiger partial charge < -0.3 is 5.11 Å². The molecule has 28 heavy (non-hydrogen) atoms. The Kier molecular flexibility index (Phi) is 7.33. The van der Waals surface area contributed by atoms with Gasteiger partial charge in [-0.2, -0.15) is 0 Å². The van der Waals surface area contributed by atoms with E-state index in [1.165, 1.54) is 16.7 Å². The molecule has 0 saturated carbocycles. The number of benzene rings is 2. The lowest BCUT2D eigenvalue weighted by Gasteiger charge is -2.23. The van der Waals surface area contributed by atoms with Crippen LogP contribution in [0.3, 0.4) is 0 Å². The summed E-state index contributed by atoms with van der Waals surface area (Å²) in [5.41, 5.74) is 8.50. The van der Waals surface area contributed by atoms with E-state index in [-0.39, 0.29) is 5.92 Å². The zero-order chi connectivity index (χ0) is 20.8. The number of aryl methyl sites for hydroxylation is 2. The van der Waals surface area contributed by atoms with Gasteiger partial charge in [-0.25, -0.2) is 4.79 Å². The Hall–Kier alpha value is -2.68. The Morgan fingerprint density at radius 1 is 1.14 bits per heavy atom. The first-order valence-electron chi connectivity index (χ1n) is 9.87. The molecule has 3 nitrogen and oxygen atoms in total. The summed E-state index contributed by atoms with van der Waals surface area (Å²) in [7, 11) is 0. The second-order valence-corrected chi connectivity index (χ2v) is 7.41. The Bertz CT molecular complexity index is 922. The maximum absolute atomic E-state index is 11.3. The van der Waals surface area contributed by atoms with Crippen LogP contribution in [0, 0.1) is 20.8 Å². The van der Waals surface area contributed by atoms with Gasteiger partial charge in [0, 0.05) is 17.3 Å². The number of hydrogen-bond donors (Lipinski definition) is 1. The molecule has 3 heteroatoms. The summed E-state index contributed by atoms with van der Waals surface area (Å²) in [6, 6.07) is 11.8. The summed E-state index contributed by atoms with van der Waals surface area (Å²) in [5, 5.41) is 9.25. The van der Waals surface area contributed by atoms with Gasteiger partial charge in [0.15, 0.2) is 0 Å². The number of aliphatic imine (C=N–C) groups is 1. The highest BCUT2D eigenvalue weighted by molar-refractivity contribution is 5.87. The van der Waals surface area contributed by atoms with Crippen molar-refractivity contribution in [3.63, 3.8) is 0 Å². The summed E-state index contributed by atoms with van der Waals surface area (Å²) in [4.78, 5) is 16.2. The second-order valence-electron chi connectivity index (χ2n) is 7.41. The molecule has 0 radical (unpaired) electrons. The van der Waals surface area contributed by atoms with Crippen LogP contribution in [0.1, 0.15) is 71.3 Å². The number of carboxylic acids is 1. The first-order chi connectivity index (χ1) is 13.3. The van der Waals surface area contributed by atoms with Gasteiger partial charge in [-0.05, 0) is 87.4 Å². The number of carboxylic acid groups (broad SMARTS) is 1. The molecule has 0 saturated heterocycles. The third kappa shape index (κ3) is 4.98. The molecule has 2 aromatic rings. The maximum atomic E-state index is 11.3. The van der Waals surface area contributed by atoms with E-state index >= 15 is 0 Å². The molecule has 1 N–H and O–H groups in total. The molecule has 0 fully saturated rings. The van der Waals surface area contributed by atoms with E-state index in [4.69, 9.17) is 4.99 Å². The van der Waals surface area contributed by atoms with Crippen LogP contribution < -0.4 is 0 Å². The van der Waals surface area contributed by atoms with E-state index in [1.54, 1.807) is 12.1 Å². The SMILES string of the molecule is C/C=C(\N=C(C)CC)C(Cc1ccc(C(=O)O)cc1C)c1cccc(C)c1C. The second kappa shape index (κ2) is 9.50. The quantitative estimate of drug-likeness (QED) is 0.567. The average Bonchev–Trinajstić information content (AvgIpc) is 2.67. The van der Waals surface area contributed by atoms with Crippen LogP contribution >= 0.6 is 0 Å². The van der Waals surface area contributed by atoms with Crippen LogP contribution in [-0.4, -0.2) is 16.8 Å². The van der Waals surface area contributed by atoms with E-state index in [1.807, 2.05) is 19.9 Å². The fourth-order valence-electron chi connectivity index (χ4n) is 3.45. The van der Waals surface area contributed by atoms with Crippen molar-refractivity contribution in [2.24, 2.45) is 4.99 Å².